The Bertz CT molecular complexity index is 667. The minimum Gasteiger partial charge on any atom is -0.427 e. The zero-order chi connectivity index (χ0) is 13.4. The summed E-state index contributed by atoms with van der Waals surface area (Å²) in [5, 5.41) is 14.5. The van der Waals surface area contributed by atoms with Crippen LogP contribution in [0.3, 0.4) is 0 Å². The van der Waals surface area contributed by atoms with Gasteiger partial charge in [-0.05, 0) is 23.8 Å². The lowest BCUT2D eigenvalue weighted by Gasteiger charge is -2.27. The predicted octanol–water partition coefficient (Wildman–Crippen LogP) is 1.42. The molecule has 0 atom stereocenters. The molecule has 7 heteroatoms. The van der Waals surface area contributed by atoms with Crippen molar-refractivity contribution in [2.24, 2.45) is 5.10 Å². The van der Waals surface area contributed by atoms with Crippen LogP contribution in [-0.2, 0) is 0 Å². The Hall–Kier alpha value is -1.92. The monoisotopic (exact) mass is 275 g/mol. The minimum absolute atomic E-state index is 0.178. The minimum atomic E-state index is -1.17. The summed E-state index contributed by atoms with van der Waals surface area (Å²) in [6, 6.07) is 7.76. The second kappa shape index (κ2) is 4.64. The van der Waals surface area contributed by atoms with Crippen LogP contribution in [0, 0.1) is 5.82 Å². The lowest BCUT2D eigenvalue weighted by Crippen LogP contribution is -2.51. The van der Waals surface area contributed by atoms with Gasteiger partial charge in [0, 0.05) is 11.7 Å². The molecule has 3 rings (SSSR count). The van der Waals surface area contributed by atoms with Crippen LogP contribution < -0.4 is 10.4 Å². The number of hydrogen-bond acceptors (Lipinski definition) is 4. The zero-order valence-corrected chi connectivity index (χ0v) is 10.4. The summed E-state index contributed by atoms with van der Waals surface area (Å²) >= 11 is 5.98. The normalized spacial score (nSPS) is 13.6. The van der Waals surface area contributed by atoms with Crippen molar-refractivity contribution in [1.29, 1.82) is 0 Å². The third-order valence-corrected chi connectivity index (χ3v) is 3.19. The fraction of sp³-hybridized carbons (Fsp3) is 0. The van der Waals surface area contributed by atoms with Crippen molar-refractivity contribution >= 4 is 36.0 Å². The topological polar surface area (TPSA) is 48.7 Å². The SMILES string of the molecule is OB1c2c(ccnc2Cl)C=NN1c1ccccc1F. The molecule has 0 aliphatic carbocycles. The van der Waals surface area contributed by atoms with Gasteiger partial charge >= 0.3 is 7.05 Å². The molecule has 1 aromatic heterocycles. The van der Waals surface area contributed by atoms with Crippen molar-refractivity contribution < 1.29 is 9.41 Å². The summed E-state index contributed by atoms with van der Waals surface area (Å²) in [5.74, 6) is -0.470. The van der Waals surface area contributed by atoms with Gasteiger partial charge in [0.1, 0.15) is 11.0 Å². The molecular formula is C12H8BClFN3O. The molecule has 0 unspecified atom stereocenters. The van der Waals surface area contributed by atoms with Crippen LogP contribution in [0.25, 0.3) is 0 Å². The van der Waals surface area contributed by atoms with Gasteiger partial charge in [0.2, 0.25) is 0 Å². The van der Waals surface area contributed by atoms with E-state index in [0.717, 1.165) is 0 Å². The Morgan fingerprint density at radius 2 is 2.05 bits per heavy atom. The summed E-state index contributed by atoms with van der Waals surface area (Å²) in [6.45, 7) is 0. The number of aromatic nitrogens is 1. The van der Waals surface area contributed by atoms with E-state index in [2.05, 4.69) is 10.1 Å². The number of benzene rings is 1. The van der Waals surface area contributed by atoms with Crippen molar-refractivity contribution in [3.05, 3.63) is 53.1 Å². The predicted molar refractivity (Wildman–Crippen MR) is 73.3 cm³/mol. The Morgan fingerprint density at radius 1 is 1.26 bits per heavy atom. The van der Waals surface area contributed by atoms with Crippen LogP contribution in [0.1, 0.15) is 5.56 Å². The Balaban J connectivity index is 2.10. The number of hydrazone groups is 1. The first-order valence-corrected chi connectivity index (χ1v) is 5.96. The number of rotatable bonds is 1. The molecule has 0 fully saturated rings. The number of halogens is 2. The Labute approximate surface area is 114 Å². The molecule has 0 radical (unpaired) electrons. The molecule has 0 bridgehead atoms. The summed E-state index contributed by atoms with van der Waals surface area (Å²) in [5.41, 5.74) is 1.26. The number of pyridine rings is 1. The van der Waals surface area contributed by atoms with Gasteiger partial charge in [-0.3, -0.25) is 4.92 Å². The van der Waals surface area contributed by atoms with Crippen LogP contribution in [0.5, 0.6) is 0 Å². The summed E-state index contributed by atoms with van der Waals surface area (Å²) in [4.78, 5) is 5.09. The Kier molecular flexibility index (Phi) is 2.96. The standard InChI is InChI=1S/C12H8BClFN3O/c14-12-11-8(5-6-16-12)7-17-18(13(11)19)10-4-2-1-3-9(10)15/h1-7,19H. The third-order valence-electron chi connectivity index (χ3n) is 2.89. The van der Waals surface area contributed by atoms with Crippen molar-refractivity contribution in [3.8, 4) is 0 Å². The molecule has 19 heavy (non-hydrogen) atoms. The maximum atomic E-state index is 13.7. The summed E-state index contributed by atoms with van der Waals surface area (Å²) < 4.78 is 13.7. The van der Waals surface area contributed by atoms with E-state index in [0.29, 0.717) is 11.0 Å². The van der Waals surface area contributed by atoms with Gasteiger partial charge in [0.05, 0.1) is 11.9 Å². The number of hydrogen-bond donors (Lipinski definition) is 1. The maximum absolute atomic E-state index is 13.7. The smallest absolute Gasteiger partial charge is 0.427 e. The van der Waals surface area contributed by atoms with Crippen LogP contribution in [0.15, 0.2) is 41.6 Å². The zero-order valence-electron chi connectivity index (χ0n) is 9.66. The van der Waals surface area contributed by atoms with E-state index in [1.807, 2.05) is 0 Å². The highest BCUT2D eigenvalue weighted by atomic mass is 35.5. The molecule has 4 nitrogen and oxygen atoms in total. The third kappa shape index (κ3) is 1.99. The van der Waals surface area contributed by atoms with Gasteiger partial charge in [-0.25, -0.2) is 9.37 Å². The van der Waals surface area contributed by atoms with Crippen molar-refractivity contribution in [2.75, 3.05) is 4.92 Å². The van der Waals surface area contributed by atoms with Gasteiger partial charge in [-0.2, -0.15) is 5.10 Å². The van der Waals surface area contributed by atoms with Crippen LogP contribution in [-0.4, -0.2) is 23.3 Å². The first-order chi connectivity index (χ1) is 9.18. The lowest BCUT2D eigenvalue weighted by atomic mass is 9.70. The summed E-state index contributed by atoms with van der Waals surface area (Å²) in [7, 11) is -1.17. The molecule has 0 saturated heterocycles. The molecule has 1 aromatic carbocycles. The molecular weight excluding hydrogens is 267 g/mol. The van der Waals surface area contributed by atoms with E-state index >= 15 is 0 Å². The highest BCUT2D eigenvalue weighted by Gasteiger charge is 2.33. The Morgan fingerprint density at radius 3 is 2.84 bits per heavy atom. The van der Waals surface area contributed by atoms with Crippen LogP contribution in [0.2, 0.25) is 5.15 Å². The first-order valence-electron chi connectivity index (χ1n) is 5.58. The van der Waals surface area contributed by atoms with E-state index < -0.39 is 12.9 Å². The van der Waals surface area contributed by atoms with E-state index in [-0.39, 0.29) is 10.8 Å². The maximum Gasteiger partial charge on any atom is 0.474 e. The van der Waals surface area contributed by atoms with Gasteiger partial charge < -0.3 is 5.02 Å². The molecule has 1 aliphatic rings. The second-order valence-electron chi connectivity index (χ2n) is 4.02. The van der Waals surface area contributed by atoms with Crippen molar-refractivity contribution in [2.45, 2.75) is 0 Å². The van der Waals surface area contributed by atoms with Crippen LogP contribution in [0.4, 0.5) is 10.1 Å². The van der Waals surface area contributed by atoms with Gasteiger partial charge in [0.15, 0.2) is 0 Å². The molecule has 1 aliphatic heterocycles. The molecule has 0 amide bonds. The van der Waals surface area contributed by atoms with E-state index in [9.17, 15) is 9.41 Å². The average Bonchev–Trinajstić information content (AvgIpc) is 2.40. The number of nitrogens with zero attached hydrogens (tertiary/aromatic N) is 3. The van der Waals surface area contributed by atoms with Gasteiger partial charge in [-0.1, -0.05) is 23.7 Å². The van der Waals surface area contributed by atoms with E-state index in [1.165, 1.54) is 29.5 Å². The highest BCUT2D eigenvalue weighted by molar-refractivity contribution is 6.74. The number of fused-ring (bicyclic) bond motifs is 1. The summed E-state index contributed by atoms with van der Waals surface area (Å²) in [6.07, 6.45) is 3.04. The number of para-hydroxylation sites is 1. The molecule has 94 valence electrons. The van der Waals surface area contributed by atoms with E-state index in [1.54, 1.807) is 18.2 Å². The van der Waals surface area contributed by atoms with Gasteiger partial charge in [0.25, 0.3) is 0 Å². The first kappa shape index (κ1) is 12.1. The largest absolute Gasteiger partial charge is 0.474 e. The quantitative estimate of drug-likeness (QED) is 0.632. The molecule has 2 aromatic rings. The molecule has 2 heterocycles. The molecule has 1 N–H and O–H groups in total. The second-order valence-corrected chi connectivity index (χ2v) is 4.38. The highest BCUT2D eigenvalue weighted by Crippen LogP contribution is 2.22. The van der Waals surface area contributed by atoms with Crippen molar-refractivity contribution in [1.82, 2.24) is 4.98 Å². The molecule has 0 saturated carbocycles. The molecule has 0 spiro atoms. The van der Waals surface area contributed by atoms with Gasteiger partial charge in [-0.15, -0.1) is 0 Å². The van der Waals surface area contributed by atoms with Crippen molar-refractivity contribution in [3.63, 3.8) is 0 Å². The number of anilines is 1. The average molecular weight is 275 g/mol. The fourth-order valence-electron chi connectivity index (χ4n) is 1.97. The van der Waals surface area contributed by atoms with E-state index in [4.69, 9.17) is 11.6 Å². The lowest BCUT2D eigenvalue weighted by molar-refractivity contribution is 0.572. The fourth-order valence-corrected chi connectivity index (χ4v) is 2.23. The van der Waals surface area contributed by atoms with Crippen LogP contribution >= 0.6 is 11.6 Å².